The van der Waals surface area contributed by atoms with Gasteiger partial charge >= 0.3 is 5.97 Å². The maximum Gasteiger partial charge on any atom is 0.305 e. The van der Waals surface area contributed by atoms with Gasteiger partial charge in [-0.05, 0) is 57.8 Å². The number of aliphatic hydroxyl groups excluding tert-OH is 2. The summed E-state index contributed by atoms with van der Waals surface area (Å²) in [5.74, 6) is -0.0449. The van der Waals surface area contributed by atoms with Crippen LogP contribution in [0.15, 0.2) is 24.3 Å². The van der Waals surface area contributed by atoms with Crippen LogP contribution < -0.4 is 5.32 Å². The fraction of sp³-hybridized carbons (Fsp3) is 0.915. The second-order valence-corrected chi connectivity index (χ2v) is 24.2. The van der Waals surface area contributed by atoms with Crippen molar-refractivity contribution in [2.45, 2.75) is 405 Å². The normalized spacial score (nSPS) is 12.6. The van der Waals surface area contributed by atoms with Crippen LogP contribution in [0, 0.1) is 0 Å². The number of aliphatic hydroxyl groups is 2. The Bertz CT molecular complexity index is 1200. The standard InChI is InChI=1S/C71H137NO5/c1-3-5-7-9-11-13-15-16-17-34-38-41-45-49-53-57-61-65-71(76)77-66-62-58-54-50-46-42-39-36-33-31-29-27-25-23-21-19-18-20-22-24-26-28-30-32-35-37-40-44-48-52-56-60-64-70(75)72-68(67-73)69(74)63-59-55-51-47-43-14-12-10-8-6-4-2/h16-17,59,63,68-69,73-74H,3-15,18-58,60-62,64-67H2,1-2H3,(H,72,75)/b17-16-,63-59+. The van der Waals surface area contributed by atoms with Crippen LogP contribution in [0.2, 0.25) is 0 Å². The maximum absolute atomic E-state index is 12.4. The summed E-state index contributed by atoms with van der Waals surface area (Å²) >= 11 is 0. The van der Waals surface area contributed by atoms with E-state index in [9.17, 15) is 19.8 Å². The summed E-state index contributed by atoms with van der Waals surface area (Å²) in [4.78, 5) is 24.5. The van der Waals surface area contributed by atoms with Crippen LogP contribution in [-0.4, -0.2) is 47.4 Å². The third kappa shape index (κ3) is 63.4. The van der Waals surface area contributed by atoms with Crippen molar-refractivity contribution in [3.05, 3.63) is 24.3 Å². The van der Waals surface area contributed by atoms with Gasteiger partial charge in [0.15, 0.2) is 0 Å². The molecule has 0 aromatic carbocycles. The lowest BCUT2D eigenvalue weighted by Crippen LogP contribution is -2.45. The lowest BCUT2D eigenvalue weighted by molar-refractivity contribution is -0.143. The number of amides is 1. The van der Waals surface area contributed by atoms with Crippen molar-refractivity contribution in [2.75, 3.05) is 13.2 Å². The topological polar surface area (TPSA) is 95.9 Å². The molecule has 0 bridgehead atoms. The van der Waals surface area contributed by atoms with E-state index in [1.165, 1.54) is 321 Å². The molecule has 6 heteroatoms. The summed E-state index contributed by atoms with van der Waals surface area (Å²) in [5, 5.41) is 23.1. The molecule has 0 aliphatic rings. The number of allylic oxidation sites excluding steroid dienone is 3. The van der Waals surface area contributed by atoms with Gasteiger partial charge in [-0.3, -0.25) is 9.59 Å². The predicted molar refractivity (Wildman–Crippen MR) is 338 cm³/mol. The van der Waals surface area contributed by atoms with Crippen LogP contribution in [-0.2, 0) is 14.3 Å². The molecule has 0 aliphatic carbocycles. The van der Waals surface area contributed by atoms with Gasteiger partial charge in [-0.25, -0.2) is 0 Å². The zero-order chi connectivity index (χ0) is 55.7. The quantitative estimate of drug-likeness (QED) is 0.0320. The molecule has 0 saturated carbocycles. The Morgan fingerprint density at radius 3 is 0.922 bits per heavy atom. The van der Waals surface area contributed by atoms with Gasteiger partial charge in [-0.1, -0.05) is 346 Å². The molecule has 1 amide bonds. The van der Waals surface area contributed by atoms with E-state index >= 15 is 0 Å². The zero-order valence-electron chi connectivity index (χ0n) is 52.2. The minimum atomic E-state index is -0.839. The molecule has 2 atom stereocenters. The van der Waals surface area contributed by atoms with E-state index < -0.39 is 12.1 Å². The fourth-order valence-electron chi connectivity index (χ4n) is 11.1. The number of nitrogens with one attached hydrogen (secondary N) is 1. The van der Waals surface area contributed by atoms with E-state index in [-0.39, 0.29) is 18.5 Å². The Hall–Kier alpha value is -1.66. The molecule has 0 aromatic rings. The van der Waals surface area contributed by atoms with Crippen molar-refractivity contribution in [1.82, 2.24) is 5.32 Å². The SMILES string of the molecule is CCCCCCCC/C=C\CCCCCCCCCC(=O)OCCCCCCCCCCCCCCCCCCCCCCCCCCCCCCCCCCC(=O)NC(CO)C(O)/C=C/CCCCCCCCCCC. The number of hydrogen-bond donors (Lipinski definition) is 3. The predicted octanol–water partition coefficient (Wildman–Crippen LogP) is 22.5. The van der Waals surface area contributed by atoms with Crippen molar-refractivity contribution < 1.29 is 24.5 Å². The lowest BCUT2D eigenvalue weighted by Gasteiger charge is -2.20. The van der Waals surface area contributed by atoms with Gasteiger partial charge in [0.1, 0.15) is 0 Å². The van der Waals surface area contributed by atoms with E-state index in [4.69, 9.17) is 4.74 Å². The first kappa shape index (κ1) is 75.3. The average molecular weight is 1080 g/mol. The second kappa shape index (κ2) is 66.8. The molecule has 0 radical (unpaired) electrons. The number of unbranched alkanes of at least 4 members (excludes halogenated alkanes) is 53. The highest BCUT2D eigenvalue weighted by Crippen LogP contribution is 2.19. The highest BCUT2D eigenvalue weighted by Gasteiger charge is 2.18. The van der Waals surface area contributed by atoms with E-state index in [2.05, 4.69) is 31.3 Å². The Morgan fingerprint density at radius 2 is 0.610 bits per heavy atom. The zero-order valence-corrected chi connectivity index (χ0v) is 52.2. The first-order chi connectivity index (χ1) is 38.0. The summed E-state index contributed by atoms with van der Waals surface area (Å²) in [6, 6.07) is -0.622. The Labute approximate surface area is 481 Å². The maximum atomic E-state index is 12.4. The molecule has 456 valence electrons. The number of hydrogen-bond acceptors (Lipinski definition) is 5. The number of ether oxygens (including phenoxy) is 1. The molecule has 0 saturated heterocycles. The van der Waals surface area contributed by atoms with Gasteiger partial charge in [0.05, 0.1) is 25.4 Å². The monoisotopic (exact) mass is 1080 g/mol. The van der Waals surface area contributed by atoms with Crippen LogP contribution >= 0.6 is 0 Å². The summed E-state index contributed by atoms with van der Waals surface area (Å²) in [5.41, 5.74) is 0. The molecule has 0 aromatic heterocycles. The lowest BCUT2D eigenvalue weighted by atomic mass is 10.0. The minimum Gasteiger partial charge on any atom is -0.466 e. The molecular formula is C71H137NO5. The van der Waals surface area contributed by atoms with Crippen molar-refractivity contribution >= 4 is 11.9 Å². The average Bonchev–Trinajstić information content (AvgIpc) is 3.43. The summed E-state index contributed by atoms with van der Waals surface area (Å²) < 4.78 is 5.50. The number of carbonyl (C=O) groups excluding carboxylic acids is 2. The van der Waals surface area contributed by atoms with Crippen molar-refractivity contribution in [2.24, 2.45) is 0 Å². The van der Waals surface area contributed by atoms with Gasteiger partial charge in [0.25, 0.3) is 0 Å². The van der Waals surface area contributed by atoms with Crippen LogP contribution in [0.1, 0.15) is 393 Å². The van der Waals surface area contributed by atoms with Crippen molar-refractivity contribution in [1.29, 1.82) is 0 Å². The smallest absolute Gasteiger partial charge is 0.305 e. The fourth-order valence-corrected chi connectivity index (χ4v) is 11.1. The molecule has 3 N–H and O–H groups in total. The molecule has 6 nitrogen and oxygen atoms in total. The molecule has 0 rings (SSSR count). The summed E-state index contributed by atoms with van der Waals surface area (Å²) in [6.07, 6.45) is 84.2. The third-order valence-corrected chi connectivity index (χ3v) is 16.5. The first-order valence-corrected chi connectivity index (χ1v) is 35.1. The molecule has 0 fully saturated rings. The first-order valence-electron chi connectivity index (χ1n) is 35.1. The van der Waals surface area contributed by atoms with Gasteiger partial charge in [0.2, 0.25) is 5.91 Å². The molecule has 2 unspecified atom stereocenters. The molecule has 77 heavy (non-hydrogen) atoms. The van der Waals surface area contributed by atoms with Gasteiger partial charge in [-0.2, -0.15) is 0 Å². The number of carbonyl (C=O) groups is 2. The largest absolute Gasteiger partial charge is 0.466 e. The second-order valence-electron chi connectivity index (χ2n) is 24.2. The minimum absolute atomic E-state index is 0.0181. The van der Waals surface area contributed by atoms with E-state index in [1.807, 2.05) is 6.08 Å². The number of rotatable bonds is 66. The van der Waals surface area contributed by atoms with E-state index in [0.29, 0.717) is 19.4 Å². The van der Waals surface area contributed by atoms with Crippen LogP contribution in [0.5, 0.6) is 0 Å². The highest BCUT2D eigenvalue weighted by molar-refractivity contribution is 5.76. The van der Waals surface area contributed by atoms with Crippen LogP contribution in [0.25, 0.3) is 0 Å². The van der Waals surface area contributed by atoms with E-state index in [1.54, 1.807) is 6.08 Å². The number of esters is 1. The Balaban J connectivity index is 3.30. The Kier molecular flexibility index (Phi) is 65.4. The third-order valence-electron chi connectivity index (χ3n) is 16.5. The van der Waals surface area contributed by atoms with Gasteiger partial charge < -0.3 is 20.3 Å². The summed E-state index contributed by atoms with van der Waals surface area (Å²) in [6.45, 7) is 4.92. The molecule has 0 heterocycles. The molecule has 0 spiro atoms. The van der Waals surface area contributed by atoms with Gasteiger partial charge in [-0.15, -0.1) is 0 Å². The Morgan fingerprint density at radius 1 is 0.351 bits per heavy atom. The highest BCUT2D eigenvalue weighted by atomic mass is 16.5. The van der Waals surface area contributed by atoms with Crippen LogP contribution in [0.3, 0.4) is 0 Å². The van der Waals surface area contributed by atoms with Crippen LogP contribution in [0.4, 0.5) is 0 Å². The van der Waals surface area contributed by atoms with Crippen molar-refractivity contribution in [3.63, 3.8) is 0 Å². The van der Waals surface area contributed by atoms with Crippen molar-refractivity contribution in [3.8, 4) is 0 Å². The molecular weight excluding hydrogens is 947 g/mol. The van der Waals surface area contributed by atoms with Gasteiger partial charge in [0, 0.05) is 12.8 Å². The van der Waals surface area contributed by atoms with E-state index in [0.717, 1.165) is 44.9 Å². The molecule has 0 aliphatic heterocycles. The summed E-state index contributed by atoms with van der Waals surface area (Å²) in [7, 11) is 0.